The third kappa shape index (κ3) is 5.38. The van der Waals surface area contributed by atoms with Gasteiger partial charge in [0.05, 0.1) is 18.2 Å². The highest BCUT2D eigenvalue weighted by molar-refractivity contribution is 6.31. The molecule has 25 heavy (non-hydrogen) atoms. The molecule has 0 aliphatic rings. The molecule has 1 amide bonds. The van der Waals surface area contributed by atoms with Gasteiger partial charge in [-0.1, -0.05) is 17.7 Å². The summed E-state index contributed by atoms with van der Waals surface area (Å²) in [5, 5.41) is 21.7. The molecule has 0 saturated heterocycles. The number of amides is 1. The van der Waals surface area contributed by atoms with Crippen LogP contribution in [-0.4, -0.2) is 31.3 Å². The van der Waals surface area contributed by atoms with Crippen molar-refractivity contribution in [1.29, 1.82) is 5.26 Å². The Morgan fingerprint density at radius 1 is 1.28 bits per heavy atom. The molecule has 0 spiro atoms. The van der Waals surface area contributed by atoms with Crippen LogP contribution in [0.3, 0.4) is 0 Å². The molecule has 0 unspecified atom stereocenters. The standard InChI is InChI=1S/C18H17ClN2O4/c1-24-4-5-25-16-8-14(7-15(19)9-16)18(23)21-11-13-3-2-12(10-20)6-17(13)22/h2-3,6-9,22H,4-5,11H2,1H3,(H,21,23). The van der Waals surface area contributed by atoms with Crippen LogP contribution in [0.1, 0.15) is 21.5 Å². The van der Waals surface area contributed by atoms with Crippen molar-refractivity contribution in [2.45, 2.75) is 6.54 Å². The molecular weight excluding hydrogens is 344 g/mol. The fraction of sp³-hybridized carbons (Fsp3) is 0.222. The number of methoxy groups -OCH3 is 1. The number of aromatic hydroxyl groups is 1. The first-order valence-electron chi connectivity index (χ1n) is 7.46. The largest absolute Gasteiger partial charge is 0.508 e. The molecule has 0 saturated carbocycles. The Morgan fingerprint density at radius 2 is 2.08 bits per heavy atom. The number of nitriles is 1. The molecule has 0 aromatic heterocycles. The molecule has 7 heteroatoms. The lowest BCUT2D eigenvalue weighted by molar-refractivity contribution is 0.0950. The van der Waals surface area contributed by atoms with Crippen molar-refractivity contribution in [2.24, 2.45) is 0 Å². The van der Waals surface area contributed by atoms with Crippen molar-refractivity contribution in [2.75, 3.05) is 20.3 Å². The number of phenolic OH excluding ortho intramolecular Hbond substituents is 1. The maximum atomic E-state index is 12.3. The molecule has 0 bridgehead atoms. The highest BCUT2D eigenvalue weighted by Crippen LogP contribution is 2.22. The van der Waals surface area contributed by atoms with Crippen LogP contribution in [0, 0.1) is 11.3 Å². The first kappa shape index (κ1) is 18.6. The number of carbonyl (C=O) groups excluding carboxylic acids is 1. The van der Waals surface area contributed by atoms with Gasteiger partial charge < -0.3 is 19.9 Å². The van der Waals surface area contributed by atoms with E-state index < -0.39 is 0 Å². The lowest BCUT2D eigenvalue weighted by Gasteiger charge is -2.10. The number of hydrogen-bond acceptors (Lipinski definition) is 5. The number of halogens is 1. The molecule has 2 aromatic rings. The Balaban J connectivity index is 2.04. The van der Waals surface area contributed by atoms with Gasteiger partial charge in [-0.3, -0.25) is 4.79 Å². The number of rotatable bonds is 7. The number of carbonyl (C=O) groups is 1. The van der Waals surface area contributed by atoms with E-state index in [1.807, 2.05) is 6.07 Å². The van der Waals surface area contributed by atoms with Crippen molar-refractivity contribution < 1.29 is 19.4 Å². The van der Waals surface area contributed by atoms with Gasteiger partial charge in [0, 0.05) is 29.8 Å². The lowest BCUT2D eigenvalue weighted by Crippen LogP contribution is -2.23. The fourth-order valence-corrected chi connectivity index (χ4v) is 2.31. The predicted octanol–water partition coefficient (Wildman–Crippen LogP) is 2.87. The molecule has 0 atom stereocenters. The topological polar surface area (TPSA) is 91.6 Å². The second-order valence-corrected chi connectivity index (χ2v) is 5.59. The molecule has 0 aliphatic heterocycles. The zero-order valence-corrected chi connectivity index (χ0v) is 14.3. The van der Waals surface area contributed by atoms with Crippen molar-refractivity contribution in [3.05, 3.63) is 58.1 Å². The minimum Gasteiger partial charge on any atom is -0.508 e. The summed E-state index contributed by atoms with van der Waals surface area (Å²) < 4.78 is 10.4. The summed E-state index contributed by atoms with van der Waals surface area (Å²) in [6.45, 7) is 0.881. The summed E-state index contributed by atoms with van der Waals surface area (Å²) in [5.74, 6) is 0.0628. The van der Waals surface area contributed by atoms with Crippen LogP contribution in [0.5, 0.6) is 11.5 Å². The van der Waals surface area contributed by atoms with Gasteiger partial charge >= 0.3 is 0 Å². The Morgan fingerprint density at radius 3 is 2.76 bits per heavy atom. The molecule has 2 aromatic carbocycles. The maximum absolute atomic E-state index is 12.3. The minimum absolute atomic E-state index is 0.0472. The second-order valence-electron chi connectivity index (χ2n) is 5.15. The van der Waals surface area contributed by atoms with E-state index in [1.54, 1.807) is 31.4 Å². The zero-order chi connectivity index (χ0) is 18.2. The third-order valence-corrected chi connectivity index (χ3v) is 3.56. The van der Waals surface area contributed by atoms with Gasteiger partial charge in [-0.15, -0.1) is 0 Å². The smallest absolute Gasteiger partial charge is 0.251 e. The number of ether oxygens (including phenoxy) is 2. The van der Waals surface area contributed by atoms with Crippen molar-refractivity contribution >= 4 is 17.5 Å². The van der Waals surface area contributed by atoms with E-state index in [9.17, 15) is 9.90 Å². The van der Waals surface area contributed by atoms with Crippen molar-refractivity contribution in [1.82, 2.24) is 5.32 Å². The number of phenols is 1. The van der Waals surface area contributed by atoms with Gasteiger partial charge in [0.1, 0.15) is 18.1 Å². The highest BCUT2D eigenvalue weighted by atomic mass is 35.5. The van der Waals surface area contributed by atoms with Gasteiger partial charge in [0.25, 0.3) is 5.91 Å². The maximum Gasteiger partial charge on any atom is 0.251 e. The average Bonchev–Trinajstić information content (AvgIpc) is 2.60. The normalized spacial score (nSPS) is 10.1. The lowest BCUT2D eigenvalue weighted by atomic mass is 10.1. The molecule has 0 fully saturated rings. The van der Waals surface area contributed by atoms with Crippen molar-refractivity contribution in [3.8, 4) is 17.6 Å². The summed E-state index contributed by atoms with van der Waals surface area (Å²) in [6, 6.07) is 11.2. The highest BCUT2D eigenvalue weighted by Gasteiger charge is 2.10. The van der Waals surface area contributed by atoms with Crippen LogP contribution < -0.4 is 10.1 Å². The second kappa shape index (κ2) is 8.92. The van der Waals surface area contributed by atoms with Gasteiger partial charge in [-0.25, -0.2) is 0 Å². The van der Waals surface area contributed by atoms with Crippen LogP contribution in [0.15, 0.2) is 36.4 Å². The Labute approximate surface area is 150 Å². The Bertz CT molecular complexity index is 802. The van der Waals surface area contributed by atoms with E-state index in [0.29, 0.717) is 40.7 Å². The van der Waals surface area contributed by atoms with Crippen LogP contribution in [0.4, 0.5) is 0 Å². The molecule has 0 heterocycles. The first-order valence-corrected chi connectivity index (χ1v) is 7.84. The van der Waals surface area contributed by atoms with Crippen LogP contribution in [0.25, 0.3) is 0 Å². The third-order valence-electron chi connectivity index (χ3n) is 3.34. The first-order chi connectivity index (χ1) is 12.0. The SMILES string of the molecule is COCCOc1cc(Cl)cc(C(=O)NCc2ccc(C#N)cc2O)c1. The number of benzene rings is 2. The summed E-state index contributed by atoms with van der Waals surface area (Å²) in [4.78, 5) is 12.3. The van der Waals surface area contributed by atoms with Gasteiger partial charge in [-0.2, -0.15) is 5.26 Å². The Kier molecular flexibility index (Phi) is 6.63. The average molecular weight is 361 g/mol. The van der Waals surface area contributed by atoms with E-state index in [-0.39, 0.29) is 18.2 Å². The molecular formula is C18H17ClN2O4. The summed E-state index contributed by atoms with van der Waals surface area (Å²) in [5.41, 5.74) is 1.19. The molecule has 2 N–H and O–H groups in total. The van der Waals surface area contributed by atoms with Crippen LogP contribution in [0.2, 0.25) is 5.02 Å². The van der Waals surface area contributed by atoms with Gasteiger partial charge in [-0.05, 0) is 30.3 Å². The summed E-state index contributed by atoms with van der Waals surface area (Å²) in [6.07, 6.45) is 0. The molecule has 2 rings (SSSR count). The van der Waals surface area contributed by atoms with E-state index in [0.717, 1.165) is 0 Å². The molecule has 0 radical (unpaired) electrons. The fourth-order valence-electron chi connectivity index (χ4n) is 2.08. The zero-order valence-electron chi connectivity index (χ0n) is 13.6. The van der Waals surface area contributed by atoms with E-state index in [1.165, 1.54) is 12.1 Å². The summed E-state index contributed by atoms with van der Waals surface area (Å²) in [7, 11) is 1.57. The van der Waals surface area contributed by atoms with Crippen LogP contribution in [-0.2, 0) is 11.3 Å². The molecule has 0 aliphatic carbocycles. The van der Waals surface area contributed by atoms with Gasteiger partial charge in [0.2, 0.25) is 0 Å². The summed E-state index contributed by atoms with van der Waals surface area (Å²) >= 11 is 6.02. The minimum atomic E-state index is -0.358. The quantitative estimate of drug-likeness (QED) is 0.741. The number of hydrogen-bond donors (Lipinski definition) is 2. The number of nitrogens with zero attached hydrogens (tertiary/aromatic N) is 1. The van der Waals surface area contributed by atoms with Gasteiger partial charge in [0.15, 0.2) is 0 Å². The molecule has 6 nitrogen and oxygen atoms in total. The predicted molar refractivity (Wildman–Crippen MR) is 92.8 cm³/mol. The Hall–Kier alpha value is -2.75. The molecule has 130 valence electrons. The van der Waals surface area contributed by atoms with Crippen molar-refractivity contribution in [3.63, 3.8) is 0 Å². The van der Waals surface area contributed by atoms with E-state index in [4.69, 9.17) is 26.3 Å². The monoisotopic (exact) mass is 360 g/mol. The number of nitrogens with one attached hydrogen (secondary N) is 1. The van der Waals surface area contributed by atoms with E-state index >= 15 is 0 Å². The van der Waals surface area contributed by atoms with Crippen LogP contribution >= 0.6 is 11.6 Å². The van der Waals surface area contributed by atoms with E-state index in [2.05, 4.69) is 5.32 Å².